The average molecular weight is 476 g/mol. The van der Waals surface area contributed by atoms with Crippen LogP contribution in [0.2, 0.25) is 0 Å². The highest BCUT2D eigenvalue weighted by Crippen LogP contribution is 2.29. The number of aromatic nitrogens is 3. The third-order valence-electron chi connectivity index (χ3n) is 5.71. The number of hydrogen-bond donors (Lipinski definition) is 3. The minimum absolute atomic E-state index is 0.177. The smallest absolute Gasteiger partial charge is 0.374 e. The van der Waals surface area contributed by atoms with Crippen molar-refractivity contribution >= 4 is 34.7 Å². The van der Waals surface area contributed by atoms with E-state index in [1.807, 2.05) is 36.2 Å². The summed E-state index contributed by atoms with van der Waals surface area (Å²) in [6, 6.07) is 11.2. The Labute approximate surface area is 200 Å². The molecular formula is C24H24N6O5. The van der Waals surface area contributed by atoms with Crippen LogP contribution in [0.25, 0.3) is 5.65 Å². The molecule has 3 N–H and O–H groups in total. The van der Waals surface area contributed by atoms with Crippen molar-refractivity contribution < 1.29 is 23.8 Å². The van der Waals surface area contributed by atoms with Crippen LogP contribution in [0.1, 0.15) is 39.4 Å². The van der Waals surface area contributed by atoms with Gasteiger partial charge in [0.1, 0.15) is 5.75 Å². The predicted molar refractivity (Wildman–Crippen MR) is 128 cm³/mol. The van der Waals surface area contributed by atoms with Gasteiger partial charge in [0, 0.05) is 31.8 Å². The minimum atomic E-state index is -1.21. The molecule has 0 radical (unpaired) electrons. The number of carboxylic acids is 1. The molecule has 5 rings (SSSR count). The largest absolute Gasteiger partial charge is 0.497 e. The van der Waals surface area contributed by atoms with Crippen molar-refractivity contribution in [3.8, 4) is 5.75 Å². The molecule has 1 saturated carbocycles. The van der Waals surface area contributed by atoms with Crippen LogP contribution in [-0.2, 0) is 6.54 Å². The predicted octanol–water partition coefficient (Wildman–Crippen LogP) is 3.30. The van der Waals surface area contributed by atoms with Gasteiger partial charge in [-0.25, -0.2) is 14.3 Å². The van der Waals surface area contributed by atoms with E-state index in [1.165, 1.54) is 23.0 Å². The Morgan fingerprint density at radius 1 is 1.26 bits per heavy atom. The number of aromatic carboxylic acids is 1. The van der Waals surface area contributed by atoms with Crippen molar-refractivity contribution in [1.29, 1.82) is 0 Å². The topological polar surface area (TPSA) is 134 Å². The van der Waals surface area contributed by atoms with Crippen LogP contribution in [0.15, 0.2) is 53.3 Å². The van der Waals surface area contributed by atoms with Crippen LogP contribution >= 0.6 is 0 Å². The highest BCUT2D eigenvalue weighted by atomic mass is 16.5. The first-order valence-electron chi connectivity index (χ1n) is 11.0. The van der Waals surface area contributed by atoms with Gasteiger partial charge in [0.25, 0.3) is 5.91 Å². The maximum atomic E-state index is 12.8. The zero-order chi connectivity index (χ0) is 24.5. The Morgan fingerprint density at radius 3 is 2.71 bits per heavy atom. The number of carbonyl (C=O) groups is 2. The second-order valence-electron chi connectivity index (χ2n) is 8.34. The Morgan fingerprint density at radius 2 is 2.03 bits per heavy atom. The number of imidazole rings is 1. The average Bonchev–Trinajstić information content (AvgIpc) is 3.36. The molecule has 0 atom stereocenters. The molecule has 180 valence electrons. The zero-order valence-corrected chi connectivity index (χ0v) is 19.2. The standard InChI is InChI=1S/C24H24N6O5/c1-29(13-14-3-7-16(34-2)8-4-14)18-11-20(27-17-9-10-35-21(17)24(32)33)28-30-19(12-25-22(18)30)23(31)26-15-5-6-15/h3-4,7-12,15H,5-6,13H2,1-2H3,(H,26,31)(H,27,28)(H,32,33). The van der Waals surface area contributed by atoms with Gasteiger partial charge in [-0.3, -0.25) is 4.79 Å². The first kappa shape index (κ1) is 22.3. The Bertz CT molecular complexity index is 1390. The minimum Gasteiger partial charge on any atom is -0.497 e. The first-order chi connectivity index (χ1) is 16.9. The van der Waals surface area contributed by atoms with E-state index in [0.717, 1.165) is 24.2 Å². The van der Waals surface area contributed by atoms with Crippen LogP contribution in [0.5, 0.6) is 5.75 Å². The van der Waals surface area contributed by atoms with Crippen LogP contribution in [-0.4, -0.2) is 51.8 Å². The third-order valence-corrected chi connectivity index (χ3v) is 5.71. The van der Waals surface area contributed by atoms with E-state index in [4.69, 9.17) is 9.15 Å². The molecule has 0 unspecified atom stereocenters. The van der Waals surface area contributed by atoms with E-state index in [2.05, 4.69) is 20.7 Å². The summed E-state index contributed by atoms with van der Waals surface area (Å²) in [7, 11) is 3.52. The van der Waals surface area contributed by atoms with Crippen molar-refractivity contribution in [2.24, 2.45) is 0 Å². The highest BCUT2D eigenvalue weighted by Gasteiger charge is 2.26. The molecular weight excluding hydrogens is 452 g/mol. The number of methoxy groups -OCH3 is 1. The number of ether oxygens (including phenoxy) is 1. The van der Waals surface area contributed by atoms with Gasteiger partial charge in [-0.15, -0.1) is 5.10 Å². The number of fused-ring (bicyclic) bond motifs is 1. The molecule has 3 heterocycles. The lowest BCUT2D eigenvalue weighted by Crippen LogP contribution is -2.27. The van der Waals surface area contributed by atoms with Gasteiger partial charge in [0.05, 0.1) is 30.9 Å². The SMILES string of the molecule is COc1ccc(CN(C)c2cc(Nc3ccoc3C(=O)O)nn3c(C(=O)NC4CC4)cnc23)cc1. The van der Waals surface area contributed by atoms with E-state index < -0.39 is 5.97 Å². The quantitative estimate of drug-likeness (QED) is 0.333. The Kier molecular flexibility index (Phi) is 5.73. The van der Waals surface area contributed by atoms with Gasteiger partial charge < -0.3 is 29.8 Å². The fourth-order valence-electron chi connectivity index (χ4n) is 3.74. The van der Waals surface area contributed by atoms with E-state index in [1.54, 1.807) is 13.2 Å². The zero-order valence-electron chi connectivity index (χ0n) is 19.2. The number of rotatable bonds is 9. The number of amides is 1. The van der Waals surface area contributed by atoms with Crippen LogP contribution in [0.3, 0.4) is 0 Å². The molecule has 0 saturated heterocycles. The summed E-state index contributed by atoms with van der Waals surface area (Å²) in [6.45, 7) is 0.547. The van der Waals surface area contributed by atoms with E-state index in [-0.39, 0.29) is 23.4 Å². The molecule has 1 aliphatic carbocycles. The normalized spacial score (nSPS) is 13.0. The first-order valence-corrected chi connectivity index (χ1v) is 11.0. The number of anilines is 3. The van der Waals surface area contributed by atoms with Crippen molar-refractivity contribution in [2.75, 3.05) is 24.4 Å². The number of carbonyl (C=O) groups excluding carboxylic acids is 1. The molecule has 11 heteroatoms. The van der Waals surface area contributed by atoms with Crippen molar-refractivity contribution in [2.45, 2.75) is 25.4 Å². The van der Waals surface area contributed by atoms with Crippen molar-refractivity contribution in [1.82, 2.24) is 19.9 Å². The summed E-state index contributed by atoms with van der Waals surface area (Å²) in [4.78, 5) is 30.8. The van der Waals surface area contributed by atoms with E-state index in [9.17, 15) is 14.7 Å². The molecule has 1 fully saturated rings. The van der Waals surface area contributed by atoms with Gasteiger partial charge >= 0.3 is 5.97 Å². The summed E-state index contributed by atoms with van der Waals surface area (Å²) >= 11 is 0. The fourth-order valence-corrected chi connectivity index (χ4v) is 3.74. The van der Waals surface area contributed by atoms with Crippen LogP contribution in [0.4, 0.5) is 17.2 Å². The van der Waals surface area contributed by atoms with Gasteiger partial charge in [-0.2, -0.15) is 0 Å². The summed E-state index contributed by atoms with van der Waals surface area (Å²) in [5.41, 5.74) is 2.78. The molecule has 35 heavy (non-hydrogen) atoms. The summed E-state index contributed by atoms with van der Waals surface area (Å²) < 4.78 is 11.8. The molecule has 0 aliphatic heterocycles. The lowest BCUT2D eigenvalue weighted by molar-refractivity contribution is 0.0663. The lowest BCUT2D eigenvalue weighted by Gasteiger charge is -2.21. The third kappa shape index (κ3) is 4.60. The number of nitrogens with one attached hydrogen (secondary N) is 2. The highest BCUT2D eigenvalue weighted by molar-refractivity contribution is 5.95. The Hall–Kier alpha value is -4.54. The monoisotopic (exact) mass is 476 g/mol. The van der Waals surface area contributed by atoms with Gasteiger partial charge in [-0.1, -0.05) is 12.1 Å². The van der Waals surface area contributed by atoms with E-state index in [0.29, 0.717) is 29.4 Å². The van der Waals surface area contributed by atoms with Gasteiger partial charge in [-0.05, 0) is 30.5 Å². The molecule has 1 amide bonds. The molecule has 0 bridgehead atoms. The Balaban J connectivity index is 1.53. The number of hydrogen-bond acceptors (Lipinski definition) is 8. The maximum Gasteiger partial charge on any atom is 0.374 e. The molecule has 1 aromatic carbocycles. The number of carboxylic acid groups (broad SMARTS) is 1. The lowest BCUT2D eigenvalue weighted by atomic mass is 10.2. The summed E-state index contributed by atoms with van der Waals surface area (Å²) in [5.74, 6) is -0.609. The van der Waals surface area contributed by atoms with Crippen LogP contribution in [0, 0.1) is 0 Å². The van der Waals surface area contributed by atoms with Gasteiger partial charge in [0.15, 0.2) is 17.2 Å². The second kappa shape index (κ2) is 9.01. The van der Waals surface area contributed by atoms with E-state index >= 15 is 0 Å². The molecule has 0 spiro atoms. The molecule has 11 nitrogen and oxygen atoms in total. The summed E-state index contributed by atoms with van der Waals surface area (Å²) in [5, 5.41) is 19.9. The van der Waals surface area contributed by atoms with Gasteiger partial charge in [0.2, 0.25) is 5.76 Å². The van der Waals surface area contributed by atoms with Crippen LogP contribution < -0.4 is 20.3 Å². The number of benzene rings is 1. The maximum absolute atomic E-state index is 12.8. The molecule has 4 aromatic rings. The number of furan rings is 1. The molecule has 3 aromatic heterocycles. The fraction of sp³-hybridized carbons (Fsp3) is 0.250. The van der Waals surface area contributed by atoms with Crippen molar-refractivity contribution in [3.05, 3.63) is 65.9 Å². The number of nitrogens with zero attached hydrogens (tertiary/aromatic N) is 4. The summed E-state index contributed by atoms with van der Waals surface area (Å²) in [6.07, 6.45) is 4.69. The van der Waals surface area contributed by atoms with Crippen molar-refractivity contribution in [3.63, 3.8) is 0 Å². The molecule has 1 aliphatic rings. The second-order valence-corrected chi connectivity index (χ2v) is 8.34.